The van der Waals surface area contributed by atoms with Crippen molar-refractivity contribution in [2.75, 3.05) is 39.6 Å². The van der Waals surface area contributed by atoms with Crippen molar-refractivity contribution in [3.8, 4) is 0 Å². The lowest BCUT2D eigenvalue weighted by Gasteiger charge is -2.21. The number of phosphoric acid groups is 2. The van der Waals surface area contributed by atoms with Crippen molar-refractivity contribution < 1.29 is 80.2 Å². The first-order valence-corrected chi connectivity index (χ1v) is 44.9. The zero-order valence-corrected chi connectivity index (χ0v) is 67.5. The lowest BCUT2D eigenvalue weighted by atomic mass is 9.99. The Labute approximate surface area is 613 Å². The third kappa shape index (κ3) is 71.7. The molecule has 0 saturated heterocycles. The quantitative estimate of drug-likeness (QED) is 0.0222. The van der Waals surface area contributed by atoms with Gasteiger partial charge < -0.3 is 33.8 Å². The van der Waals surface area contributed by atoms with Gasteiger partial charge in [0.2, 0.25) is 0 Å². The predicted octanol–water partition coefficient (Wildman–Crippen LogP) is 24.1. The van der Waals surface area contributed by atoms with Gasteiger partial charge >= 0.3 is 39.5 Å². The molecule has 100 heavy (non-hydrogen) atoms. The largest absolute Gasteiger partial charge is 0.472 e. The second-order valence-corrected chi connectivity index (χ2v) is 33.0. The maximum atomic E-state index is 13.1. The maximum Gasteiger partial charge on any atom is 0.472 e. The average Bonchev–Trinajstić information content (AvgIpc) is 0.913. The number of carbonyl (C=O) groups excluding carboxylic acids is 4. The van der Waals surface area contributed by atoms with E-state index in [1.807, 2.05) is 0 Å². The first-order valence-electron chi connectivity index (χ1n) is 41.9. The van der Waals surface area contributed by atoms with E-state index >= 15 is 0 Å². The second kappa shape index (κ2) is 71.3. The molecule has 0 aromatic carbocycles. The molecule has 0 amide bonds. The van der Waals surface area contributed by atoms with Crippen LogP contribution in [0, 0.1) is 17.8 Å². The van der Waals surface area contributed by atoms with E-state index in [-0.39, 0.29) is 25.7 Å². The van der Waals surface area contributed by atoms with Gasteiger partial charge in [-0.1, -0.05) is 370 Å². The molecule has 17 nitrogen and oxygen atoms in total. The molecule has 0 aromatic heterocycles. The molecule has 3 N–H and O–H groups in total. The molecule has 0 bridgehead atoms. The number of esters is 4. The predicted molar refractivity (Wildman–Crippen MR) is 409 cm³/mol. The molecule has 0 fully saturated rings. The summed E-state index contributed by atoms with van der Waals surface area (Å²) in [5.74, 6) is 0.317. The highest BCUT2D eigenvalue weighted by atomic mass is 31.2. The van der Waals surface area contributed by atoms with Gasteiger partial charge in [0.05, 0.1) is 26.4 Å². The highest BCUT2D eigenvalue weighted by Crippen LogP contribution is 2.45. The molecule has 0 rings (SSSR count). The van der Waals surface area contributed by atoms with Gasteiger partial charge in [-0.3, -0.25) is 37.3 Å². The molecule has 0 radical (unpaired) electrons. The number of aliphatic hydroxyl groups excluding tert-OH is 1. The van der Waals surface area contributed by atoms with Gasteiger partial charge in [0, 0.05) is 25.7 Å². The van der Waals surface area contributed by atoms with E-state index in [4.69, 9.17) is 37.0 Å². The molecule has 0 aliphatic carbocycles. The normalized spacial score (nSPS) is 14.5. The molecule has 0 aliphatic rings. The van der Waals surface area contributed by atoms with Gasteiger partial charge in [-0.2, -0.15) is 0 Å². The highest BCUT2D eigenvalue weighted by molar-refractivity contribution is 7.47. The fourth-order valence-corrected chi connectivity index (χ4v) is 14.0. The van der Waals surface area contributed by atoms with Crippen LogP contribution in [0.3, 0.4) is 0 Å². The van der Waals surface area contributed by atoms with E-state index in [9.17, 15) is 43.2 Å². The van der Waals surface area contributed by atoms with Crippen molar-refractivity contribution in [1.82, 2.24) is 0 Å². The molecule has 19 heteroatoms. The summed E-state index contributed by atoms with van der Waals surface area (Å²) in [5.41, 5.74) is 0. The van der Waals surface area contributed by atoms with Crippen LogP contribution < -0.4 is 0 Å². The van der Waals surface area contributed by atoms with Gasteiger partial charge in [-0.15, -0.1) is 0 Å². The van der Waals surface area contributed by atoms with Gasteiger partial charge in [-0.25, -0.2) is 9.13 Å². The third-order valence-corrected chi connectivity index (χ3v) is 21.5. The Balaban J connectivity index is 5.24. The number of rotatable bonds is 79. The SMILES string of the molecule is CCCCCCCCCCCCCC(=O)OC[C@H](COP(=O)(O)OC[C@H](O)COP(=O)(O)OC[C@@H](COC(=O)CCCCCCCCCCCCCCCCC(C)CC)OC(=O)CCCCCCCCCCCCCCCCCCC(C)C)OC(=O)CCCCCCCCCCC(C)CC. The van der Waals surface area contributed by atoms with E-state index in [2.05, 4.69) is 48.5 Å². The summed E-state index contributed by atoms with van der Waals surface area (Å²) in [6.07, 6.45) is 59.5. The summed E-state index contributed by atoms with van der Waals surface area (Å²) < 4.78 is 68.7. The molecular formula is C81H158O17P2. The Morgan fingerprint density at radius 1 is 0.290 bits per heavy atom. The minimum atomic E-state index is -4.96. The van der Waals surface area contributed by atoms with Crippen molar-refractivity contribution in [3.05, 3.63) is 0 Å². The molecule has 594 valence electrons. The zero-order chi connectivity index (χ0) is 73.7. The average molecular weight is 1470 g/mol. The number of aliphatic hydroxyl groups is 1. The van der Waals surface area contributed by atoms with Gasteiger partial charge in [0.25, 0.3) is 0 Å². The van der Waals surface area contributed by atoms with Crippen molar-refractivity contribution in [1.29, 1.82) is 0 Å². The Hall–Kier alpha value is -1.94. The maximum absolute atomic E-state index is 13.1. The van der Waals surface area contributed by atoms with Crippen LogP contribution in [0.4, 0.5) is 0 Å². The number of phosphoric ester groups is 2. The topological polar surface area (TPSA) is 237 Å². The van der Waals surface area contributed by atoms with Crippen molar-refractivity contribution in [3.63, 3.8) is 0 Å². The monoisotopic (exact) mass is 1470 g/mol. The molecule has 7 atom stereocenters. The third-order valence-electron chi connectivity index (χ3n) is 19.6. The summed E-state index contributed by atoms with van der Waals surface area (Å²) in [6.45, 7) is 12.0. The van der Waals surface area contributed by atoms with E-state index in [0.717, 1.165) is 108 Å². The number of carbonyl (C=O) groups is 4. The minimum absolute atomic E-state index is 0.105. The van der Waals surface area contributed by atoms with Crippen LogP contribution in [0.5, 0.6) is 0 Å². The Kier molecular flexibility index (Phi) is 69.9. The zero-order valence-electron chi connectivity index (χ0n) is 65.7. The highest BCUT2D eigenvalue weighted by Gasteiger charge is 2.30. The van der Waals surface area contributed by atoms with Crippen LogP contribution in [0.25, 0.3) is 0 Å². The summed E-state index contributed by atoms with van der Waals surface area (Å²) in [4.78, 5) is 73.0. The second-order valence-electron chi connectivity index (χ2n) is 30.1. The molecule has 0 saturated carbocycles. The molecule has 0 aliphatic heterocycles. The van der Waals surface area contributed by atoms with Crippen molar-refractivity contribution in [2.45, 2.75) is 439 Å². The van der Waals surface area contributed by atoms with Crippen molar-refractivity contribution in [2.24, 2.45) is 17.8 Å². The van der Waals surface area contributed by atoms with Crippen molar-refractivity contribution >= 4 is 39.5 Å². The van der Waals surface area contributed by atoms with Crippen LogP contribution in [0.2, 0.25) is 0 Å². The van der Waals surface area contributed by atoms with Gasteiger partial charge in [0.1, 0.15) is 19.3 Å². The van der Waals surface area contributed by atoms with E-state index in [1.54, 1.807) is 0 Å². The fourth-order valence-electron chi connectivity index (χ4n) is 12.4. The van der Waals surface area contributed by atoms with Crippen LogP contribution in [0.15, 0.2) is 0 Å². The minimum Gasteiger partial charge on any atom is -0.462 e. The van der Waals surface area contributed by atoms with E-state index in [1.165, 1.54) is 231 Å². The number of hydrogen-bond donors (Lipinski definition) is 3. The number of unbranched alkanes of at least 4 members (excludes halogenated alkanes) is 45. The number of hydrogen-bond acceptors (Lipinski definition) is 15. The molecule has 4 unspecified atom stereocenters. The van der Waals surface area contributed by atoms with E-state index < -0.39 is 97.5 Å². The Morgan fingerprint density at radius 2 is 0.510 bits per heavy atom. The van der Waals surface area contributed by atoms with Crippen LogP contribution in [-0.2, 0) is 65.4 Å². The summed E-state index contributed by atoms with van der Waals surface area (Å²) in [6, 6.07) is 0. The molecule has 0 aromatic rings. The Bertz CT molecular complexity index is 1940. The summed E-state index contributed by atoms with van der Waals surface area (Å²) in [5, 5.41) is 10.6. The van der Waals surface area contributed by atoms with Crippen LogP contribution >= 0.6 is 15.6 Å². The summed E-state index contributed by atoms with van der Waals surface area (Å²) >= 11 is 0. The first-order chi connectivity index (χ1) is 48.3. The lowest BCUT2D eigenvalue weighted by Crippen LogP contribution is -2.30. The van der Waals surface area contributed by atoms with Gasteiger partial charge in [0.15, 0.2) is 12.2 Å². The standard InChI is InChI=1S/C81H158O17P2/c1-8-11-12-13-14-15-26-33-41-48-55-62-78(83)91-69-77(98-81(86)65-58-51-44-37-36-40-47-54-61-74(7)10-3)71-96-100(89,90)94-67-75(82)66-93-99(87,88)95-70-76(68-92-79(84)63-56-49-42-34-29-24-21-20-23-28-32-39-46-53-60-73(6)9-2)97-80(85)64-57-50-43-35-30-25-19-17-16-18-22-27-31-38-45-52-59-72(4)5/h72-77,82H,8-71H2,1-7H3,(H,87,88)(H,89,90)/t73?,74?,75-,76-,77-/m1/s1. The first kappa shape index (κ1) is 98.1. The van der Waals surface area contributed by atoms with E-state index in [0.29, 0.717) is 25.7 Å². The molecule has 0 spiro atoms. The van der Waals surface area contributed by atoms with Gasteiger partial charge in [-0.05, 0) is 43.4 Å². The fraction of sp³-hybridized carbons (Fsp3) is 0.951. The van der Waals surface area contributed by atoms with Crippen LogP contribution in [0.1, 0.15) is 421 Å². The number of ether oxygens (including phenoxy) is 4. The molecular weight excluding hydrogens is 1310 g/mol. The molecule has 0 heterocycles. The summed E-state index contributed by atoms with van der Waals surface area (Å²) in [7, 11) is -9.92. The Morgan fingerprint density at radius 3 is 0.760 bits per heavy atom. The smallest absolute Gasteiger partial charge is 0.462 e. The lowest BCUT2D eigenvalue weighted by molar-refractivity contribution is -0.161. The van der Waals surface area contributed by atoms with Crippen LogP contribution in [-0.4, -0.2) is 96.7 Å².